The molecule has 1 aromatic carbocycles. The molecule has 2 amide bonds. The lowest BCUT2D eigenvalue weighted by Gasteiger charge is -2.18. The van der Waals surface area contributed by atoms with Crippen LogP contribution in [0.2, 0.25) is 0 Å². The van der Waals surface area contributed by atoms with E-state index in [1.807, 2.05) is 6.92 Å². The van der Waals surface area contributed by atoms with E-state index in [-0.39, 0.29) is 18.4 Å². The first-order valence-electron chi connectivity index (χ1n) is 6.68. The fourth-order valence-electron chi connectivity index (χ4n) is 1.71. The molecular formula is C15H20N2O4. The molecule has 0 heterocycles. The molecule has 6 nitrogen and oxygen atoms in total. The molecule has 0 saturated carbocycles. The molecule has 0 aliphatic rings. The fourth-order valence-corrected chi connectivity index (χ4v) is 1.71. The van der Waals surface area contributed by atoms with E-state index in [2.05, 4.69) is 10.6 Å². The van der Waals surface area contributed by atoms with Crippen LogP contribution in [0, 0.1) is 12.8 Å². The molecule has 1 rings (SSSR count). The maximum atomic E-state index is 11.8. The van der Waals surface area contributed by atoms with E-state index in [4.69, 9.17) is 5.11 Å². The van der Waals surface area contributed by atoms with Gasteiger partial charge < -0.3 is 15.7 Å². The van der Waals surface area contributed by atoms with Crippen LogP contribution in [0.3, 0.4) is 0 Å². The van der Waals surface area contributed by atoms with E-state index in [0.29, 0.717) is 5.56 Å². The molecule has 114 valence electrons. The number of aliphatic carboxylic acids is 1. The van der Waals surface area contributed by atoms with Crippen LogP contribution in [0.4, 0.5) is 0 Å². The molecule has 0 spiro atoms. The van der Waals surface area contributed by atoms with Gasteiger partial charge in [-0.05, 0) is 25.0 Å². The highest BCUT2D eigenvalue weighted by Gasteiger charge is 2.23. The van der Waals surface area contributed by atoms with Crippen molar-refractivity contribution in [2.75, 3.05) is 6.54 Å². The molecule has 1 unspecified atom stereocenters. The first-order valence-corrected chi connectivity index (χ1v) is 6.68. The van der Waals surface area contributed by atoms with Crippen LogP contribution in [-0.2, 0) is 9.59 Å². The van der Waals surface area contributed by atoms with Crippen molar-refractivity contribution in [3.63, 3.8) is 0 Å². The van der Waals surface area contributed by atoms with Crippen LogP contribution < -0.4 is 10.6 Å². The molecule has 0 fully saturated rings. The summed E-state index contributed by atoms with van der Waals surface area (Å²) in [5.74, 6) is -2.24. The molecule has 0 aliphatic carbocycles. The topological polar surface area (TPSA) is 95.5 Å². The van der Waals surface area contributed by atoms with E-state index < -0.39 is 17.9 Å². The van der Waals surface area contributed by atoms with Gasteiger partial charge in [-0.1, -0.05) is 31.5 Å². The predicted molar refractivity (Wildman–Crippen MR) is 77.9 cm³/mol. The third kappa shape index (κ3) is 5.25. The Morgan fingerprint density at radius 3 is 2.19 bits per heavy atom. The summed E-state index contributed by atoms with van der Waals surface area (Å²) in [7, 11) is 0. The Kier molecular flexibility index (Phi) is 5.90. The van der Waals surface area contributed by atoms with Crippen molar-refractivity contribution in [1.82, 2.24) is 10.6 Å². The summed E-state index contributed by atoms with van der Waals surface area (Å²) in [6.07, 6.45) is 0. The largest absolute Gasteiger partial charge is 0.480 e. The van der Waals surface area contributed by atoms with Gasteiger partial charge in [-0.2, -0.15) is 0 Å². The van der Waals surface area contributed by atoms with Crippen molar-refractivity contribution in [2.24, 2.45) is 5.92 Å². The molecule has 1 aromatic rings. The standard InChI is InChI=1S/C15H20N2O4/c1-9(2)13(15(20)21)17-12(18)8-16-14(19)11-6-4-10(3)5-7-11/h4-7,9,13H,8H2,1-3H3,(H,16,19)(H,17,18)(H,20,21). The Morgan fingerprint density at radius 2 is 1.71 bits per heavy atom. The van der Waals surface area contributed by atoms with E-state index >= 15 is 0 Å². The first-order chi connectivity index (χ1) is 9.81. The Hall–Kier alpha value is -2.37. The Balaban J connectivity index is 2.51. The Morgan fingerprint density at radius 1 is 1.14 bits per heavy atom. The van der Waals surface area contributed by atoms with Crippen molar-refractivity contribution in [1.29, 1.82) is 0 Å². The van der Waals surface area contributed by atoms with E-state index in [1.165, 1.54) is 0 Å². The number of nitrogens with one attached hydrogen (secondary N) is 2. The van der Waals surface area contributed by atoms with Crippen LogP contribution in [0.5, 0.6) is 0 Å². The van der Waals surface area contributed by atoms with Crippen LogP contribution in [0.25, 0.3) is 0 Å². The number of rotatable bonds is 6. The second kappa shape index (κ2) is 7.42. The average molecular weight is 292 g/mol. The molecule has 0 aromatic heterocycles. The molecular weight excluding hydrogens is 272 g/mol. The summed E-state index contributed by atoms with van der Waals surface area (Å²) < 4.78 is 0. The van der Waals surface area contributed by atoms with Crippen molar-refractivity contribution in [3.05, 3.63) is 35.4 Å². The van der Waals surface area contributed by atoms with Crippen LogP contribution >= 0.6 is 0 Å². The number of carboxylic acids is 1. The molecule has 21 heavy (non-hydrogen) atoms. The van der Waals surface area contributed by atoms with Gasteiger partial charge in [0, 0.05) is 5.56 Å². The first kappa shape index (κ1) is 16.7. The third-order valence-electron chi connectivity index (χ3n) is 2.97. The number of benzene rings is 1. The third-order valence-corrected chi connectivity index (χ3v) is 2.97. The highest BCUT2D eigenvalue weighted by Crippen LogP contribution is 2.03. The number of amides is 2. The van der Waals surface area contributed by atoms with Gasteiger partial charge in [0.1, 0.15) is 6.04 Å². The van der Waals surface area contributed by atoms with Gasteiger partial charge in [0.2, 0.25) is 5.91 Å². The molecule has 0 bridgehead atoms. The summed E-state index contributed by atoms with van der Waals surface area (Å²) in [5.41, 5.74) is 1.48. The number of carbonyl (C=O) groups is 3. The summed E-state index contributed by atoms with van der Waals surface area (Å²) >= 11 is 0. The zero-order valence-electron chi connectivity index (χ0n) is 12.3. The molecule has 6 heteroatoms. The molecule has 0 radical (unpaired) electrons. The average Bonchev–Trinajstić information content (AvgIpc) is 2.42. The summed E-state index contributed by atoms with van der Waals surface area (Å²) in [5, 5.41) is 13.8. The molecule has 3 N–H and O–H groups in total. The Bertz CT molecular complexity index is 523. The Labute approximate surface area is 123 Å². The highest BCUT2D eigenvalue weighted by atomic mass is 16.4. The number of carbonyl (C=O) groups excluding carboxylic acids is 2. The predicted octanol–water partition coefficient (Wildman–Crippen LogP) is 0.950. The van der Waals surface area contributed by atoms with Gasteiger partial charge in [-0.3, -0.25) is 9.59 Å². The maximum Gasteiger partial charge on any atom is 0.326 e. The molecule has 1 atom stereocenters. The monoisotopic (exact) mass is 292 g/mol. The van der Waals surface area contributed by atoms with Crippen LogP contribution in [0.1, 0.15) is 29.8 Å². The maximum absolute atomic E-state index is 11.8. The van der Waals surface area contributed by atoms with Gasteiger partial charge in [-0.15, -0.1) is 0 Å². The quantitative estimate of drug-likeness (QED) is 0.727. The number of carboxylic acid groups (broad SMARTS) is 1. The van der Waals surface area contributed by atoms with Crippen molar-refractivity contribution in [2.45, 2.75) is 26.8 Å². The van der Waals surface area contributed by atoms with Crippen molar-refractivity contribution in [3.8, 4) is 0 Å². The van der Waals surface area contributed by atoms with Crippen LogP contribution in [0.15, 0.2) is 24.3 Å². The zero-order valence-corrected chi connectivity index (χ0v) is 12.3. The number of hydrogen-bond donors (Lipinski definition) is 3. The number of hydrogen-bond acceptors (Lipinski definition) is 3. The van der Waals surface area contributed by atoms with Crippen molar-refractivity contribution >= 4 is 17.8 Å². The van der Waals surface area contributed by atoms with Gasteiger partial charge in [-0.25, -0.2) is 4.79 Å². The van der Waals surface area contributed by atoms with E-state index in [9.17, 15) is 14.4 Å². The van der Waals surface area contributed by atoms with Gasteiger partial charge >= 0.3 is 5.97 Å². The van der Waals surface area contributed by atoms with Gasteiger partial charge in [0.25, 0.3) is 5.91 Å². The van der Waals surface area contributed by atoms with E-state index in [1.54, 1.807) is 38.1 Å². The zero-order chi connectivity index (χ0) is 16.0. The van der Waals surface area contributed by atoms with Crippen molar-refractivity contribution < 1.29 is 19.5 Å². The second-order valence-corrected chi connectivity index (χ2v) is 5.18. The minimum absolute atomic E-state index is 0.237. The smallest absolute Gasteiger partial charge is 0.326 e. The summed E-state index contributed by atoms with van der Waals surface area (Å²) in [4.78, 5) is 34.4. The lowest BCUT2D eigenvalue weighted by Crippen LogP contribution is -2.48. The minimum Gasteiger partial charge on any atom is -0.480 e. The lowest BCUT2D eigenvalue weighted by molar-refractivity contribution is -0.142. The minimum atomic E-state index is -1.09. The van der Waals surface area contributed by atoms with E-state index in [0.717, 1.165) is 5.56 Å². The SMILES string of the molecule is Cc1ccc(C(=O)NCC(=O)NC(C(=O)O)C(C)C)cc1. The lowest BCUT2D eigenvalue weighted by atomic mass is 10.1. The van der Waals surface area contributed by atoms with Gasteiger partial charge in [0.05, 0.1) is 6.54 Å². The fraction of sp³-hybridized carbons (Fsp3) is 0.400. The number of aryl methyl sites for hydroxylation is 1. The van der Waals surface area contributed by atoms with Gasteiger partial charge in [0.15, 0.2) is 0 Å². The van der Waals surface area contributed by atoms with Crippen LogP contribution in [-0.4, -0.2) is 35.5 Å². The summed E-state index contributed by atoms with van der Waals surface area (Å²) in [6, 6.07) is 5.96. The molecule has 0 aliphatic heterocycles. The second-order valence-electron chi connectivity index (χ2n) is 5.18. The summed E-state index contributed by atoms with van der Waals surface area (Å²) in [6.45, 7) is 5.05. The highest BCUT2D eigenvalue weighted by molar-refractivity contribution is 5.96. The molecule has 0 saturated heterocycles. The normalized spacial score (nSPS) is 11.8.